The van der Waals surface area contributed by atoms with Crippen molar-refractivity contribution in [1.29, 1.82) is 0 Å². The normalized spacial score (nSPS) is 10.0. The topological polar surface area (TPSA) is 44.1 Å². The van der Waals surface area contributed by atoms with E-state index in [-0.39, 0.29) is 5.97 Å². The number of carbonyl (C=O) groups excluding carboxylic acids is 1. The van der Waals surface area contributed by atoms with E-state index in [1.807, 2.05) is 17.8 Å². The molecule has 0 unspecified atom stereocenters. The van der Waals surface area contributed by atoms with Gasteiger partial charge in [-0.25, -0.2) is 0 Å². The summed E-state index contributed by atoms with van der Waals surface area (Å²) in [6.07, 6.45) is 4.98. The Morgan fingerprint density at radius 2 is 2.46 bits per heavy atom. The van der Waals surface area contributed by atoms with Crippen molar-refractivity contribution in [3.63, 3.8) is 0 Å². The summed E-state index contributed by atoms with van der Waals surface area (Å²) in [5, 5.41) is 4.10. The molecule has 4 heteroatoms. The standard InChI is InChI=1S/C9H14N2O2/c1-8-6-10-11(7-8)5-3-4-9(12)13-2/h6-7H,3-5H2,1-2H3. The number of rotatable bonds is 4. The van der Waals surface area contributed by atoms with Crippen LogP contribution in [0.2, 0.25) is 0 Å². The first-order valence-electron chi connectivity index (χ1n) is 4.28. The summed E-state index contributed by atoms with van der Waals surface area (Å²) in [5.41, 5.74) is 1.14. The van der Waals surface area contributed by atoms with Crippen molar-refractivity contribution < 1.29 is 9.53 Å². The minimum Gasteiger partial charge on any atom is -0.469 e. The van der Waals surface area contributed by atoms with Gasteiger partial charge in [0.2, 0.25) is 0 Å². The lowest BCUT2D eigenvalue weighted by atomic mass is 10.3. The van der Waals surface area contributed by atoms with Crippen molar-refractivity contribution in [1.82, 2.24) is 9.78 Å². The molecule has 0 fully saturated rings. The first kappa shape index (κ1) is 9.77. The predicted molar refractivity (Wildman–Crippen MR) is 48.2 cm³/mol. The van der Waals surface area contributed by atoms with Gasteiger partial charge in [-0.3, -0.25) is 9.48 Å². The third-order valence-electron chi connectivity index (χ3n) is 1.76. The predicted octanol–water partition coefficient (Wildman–Crippen LogP) is 1.14. The van der Waals surface area contributed by atoms with E-state index in [9.17, 15) is 4.79 Å². The second-order valence-electron chi connectivity index (χ2n) is 2.96. The molecule has 1 rings (SSSR count). The first-order chi connectivity index (χ1) is 6.22. The van der Waals surface area contributed by atoms with E-state index in [1.54, 1.807) is 6.20 Å². The van der Waals surface area contributed by atoms with Gasteiger partial charge in [-0.1, -0.05) is 0 Å². The molecule has 0 saturated carbocycles. The fourth-order valence-electron chi connectivity index (χ4n) is 1.08. The van der Waals surface area contributed by atoms with Gasteiger partial charge in [-0.15, -0.1) is 0 Å². The lowest BCUT2D eigenvalue weighted by Crippen LogP contribution is -2.04. The minimum atomic E-state index is -0.163. The van der Waals surface area contributed by atoms with Crippen molar-refractivity contribution in [2.24, 2.45) is 0 Å². The molecule has 0 radical (unpaired) electrons. The summed E-state index contributed by atoms with van der Waals surface area (Å²) < 4.78 is 6.36. The third kappa shape index (κ3) is 3.27. The summed E-state index contributed by atoms with van der Waals surface area (Å²) in [5.74, 6) is -0.163. The van der Waals surface area contributed by atoms with Crippen LogP contribution in [0, 0.1) is 6.92 Å². The number of aromatic nitrogens is 2. The fourth-order valence-corrected chi connectivity index (χ4v) is 1.08. The molecule has 0 amide bonds. The zero-order valence-electron chi connectivity index (χ0n) is 7.99. The molecule has 0 atom stereocenters. The quantitative estimate of drug-likeness (QED) is 0.656. The first-order valence-corrected chi connectivity index (χ1v) is 4.28. The Kier molecular flexibility index (Phi) is 3.49. The van der Waals surface area contributed by atoms with Gasteiger partial charge in [0.1, 0.15) is 0 Å². The maximum Gasteiger partial charge on any atom is 0.305 e. The van der Waals surface area contributed by atoms with Crippen LogP contribution >= 0.6 is 0 Å². The number of esters is 1. The molecule has 0 N–H and O–H groups in total. The van der Waals surface area contributed by atoms with Crippen LogP contribution < -0.4 is 0 Å². The second kappa shape index (κ2) is 4.64. The monoisotopic (exact) mass is 182 g/mol. The van der Waals surface area contributed by atoms with Crippen molar-refractivity contribution in [3.05, 3.63) is 18.0 Å². The molecular weight excluding hydrogens is 168 g/mol. The van der Waals surface area contributed by atoms with Gasteiger partial charge < -0.3 is 4.74 Å². The molecule has 0 aromatic carbocycles. The number of carbonyl (C=O) groups is 1. The number of methoxy groups -OCH3 is 1. The highest BCUT2D eigenvalue weighted by Gasteiger charge is 2.00. The number of ether oxygens (including phenoxy) is 1. The minimum absolute atomic E-state index is 0.163. The average molecular weight is 182 g/mol. The molecule has 4 nitrogen and oxygen atoms in total. The third-order valence-corrected chi connectivity index (χ3v) is 1.76. The molecular formula is C9H14N2O2. The van der Waals surface area contributed by atoms with Crippen LogP contribution in [-0.4, -0.2) is 22.9 Å². The molecule has 1 heterocycles. The maximum atomic E-state index is 10.8. The Bertz CT molecular complexity index is 281. The van der Waals surface area contributed by atoms with Gasteiger partial charge >= 0.3 is 5.97 Å². The molecule has 0 spiro atoms. The number of nitrogens with zero attached hydrogens (tertiary/aromatic N) is 2. The molecule has 13 heavy (non-hydrogen) atoms. The molecule has 0 bridgehead atoms. The number of hydrogen-bond acceptors (Lipinski definition) is 3. The Morgan fingerprint density at radius 3 is 3.00 bits per heavy atom. The Hall–Kier alpha value is -1.32. The zero-order chi connectivity index (χ0) is 9.68. The molecule has 72 valence electrons. The fraction of sp³-hybridized carbons (Fsp3) is 0.556. The molecule has 1 aromatic rings. The second-order valence-corrected chi connectivity index (χ2v) is 2.96. The Labute approximate surface area is 77.5 Å². The van der Waals surface area contributed by atoms with Crippen LogP contribution in [0.15, 0.2) is 12.4 Å². The molecule has 0 saturated heterocycles. The summed E-state index contributed by atoms with van der Waals surface area (Å²) in [6, 6.07) is 0. The van der Waals surface area contributed by atoms with Crippen LogP contribution in [0.4, 0.5) is 0 Å². The summed E-state index contributed by atoms with van der Waals surface area (Å²) in [4.78, 5) is 10.8. The van der Waals surface area contributed by atoms with Crippen molar-refractivity contribution in [3.8, 4) is 0 Å². The molecule has 1 aromatic heterocycles. The van der Waals surface area contributed by atoms with Crippen LogP contribution in [0.25, 0.3) is 0 Å². The van der Waals surface area contributed by atoms with Crippen molar-refractivity contribution >= 4 is 5.97 Å². The van der Waals surface area contributed by atoms with Crippen molar-refractivity contribution in [2.45, 2.75) is 26.3 Å². The SMILES string of the molecule is COC(=O)CCCn1cc(C)cn1. The van der Waals surface area contributed by atoms with Gasteiger partial charge in [0.15, 0.2) is 0 Å². The Balaban J connectivity index is 2.24. The molecule has 0 aliphatic rings. The Morgan fingerprint density at radius 1 is 1.69 bits per heavy atom. The lowest BCUT2D eigenvalue weighted by molar-refractivity contribution is -0.140. The van der Waals surface area contributed by atoms with Gasteiger partial charge in [0.05, 0.1) is 13.3 Å². The lowest BCUT2D eigenvalue weighted by Gasteiger charge is -1.99. The summed E-state index contributed by atoms with van der Waals surface area (Å²) >= 11 is 0. The van der Waals surface area contributed by atoms with E-state index < -0.39 is 0 Å². The number of aryl methyl sites for hydroxylation is 2. The van der Waals surface area contributed by atoms with Gasteiger partial charge in [-0.05, 0) is 18.9 Å². The van der Waals surface area contributed by atoms with E-state index in [0.29, 0.717) is 6.42 Å². The van der Waals surface area contributed by atoms with Crippen molar-refractivity contribution in [2.75, 3.05) is 7.11 Å². The van der Waals surface area contributed by atoms with E-state index >= 15 is 0 Å². The largest absolute Gasteiger partial charge is 0.469 e. The molecule has 0 aliphatic carbocycles. The van der Waals surface area contributed by atoms with Gasteiger partial charge in [0.25, 0.3) is 0 Å². The summed E-state index contributed by atoms with van der Waals surface area (Å²) in [6.45, 7) is 2.76. The maximum absolute atomic E-state index is 10.8. The zero-order valence-corrected chi connectivity index (χ0v) is 7.99. The van der Waals surface area contributed by atoms with Crippen LogP contribution in [0.3, 0.4) is 0 Å². The van der Waals surface area contributed by atoms with E-state index in [1.165, 1.54) is 7.11 Å². The van der Waals surface area contributed by atoms with Crippen LogP contribution in [0.1, 0.15) is 18.4 Å². The summed E-state index contributed by atoms with van der Waals surface area (Å²) in [7, 11) is 1.40. The van der Waals surface area contributed by atoms with E-state index in [0.717, 1.165) is 18.5 Å². The highest BCUT2D eigenvalue weighted by Crippen LogP contribution is 1.98. The van der Waals surface area contributed by atoms with Gasteiger partial charge in [0, 0.05) is 19.2 Å². The highest BCUT2D eigenvalue weighted by molar-refractivity contribution is 5.68. The highest BCUT2D eigenvalue weighted by atomic mass is 16.5. The number of hydrogen-bond donors (Lipinski definition) is 0. The average Bonchev–Trinajstić information content (AvgIpc) is 2.51. The van der Waals surface area contributed by atoms with Crippen LogP contribution in [0.5, 0.6) is 0 Å². The van der Waals surface area contributed by atoms with Gasteiger partial charge in [-0.2, -0.15) is 5.10 Å². The van der Waals surface area contributed by atoms with E-state index in [4.69, 9.17) is 0 Å². The van der Waals surface area contributed by atoms with E-state index in [2.05, 4.69) is 9.84 Å². The van der Waals surface area contributed by atoms with Crippen LogP contribution in [-0.2, 0) is 16.1 Å². The smallest absolute Gasteiger partial charge is 0.305 e. The molecule has 0 aliphatic heterocycles.